The van der Waals surface area contributed by atoms with Crippen molar-refractivity contribution in [1.82, 2.24) is 0 Å². The van der Waals surface area contributed by atoms with E-state index < -0.39 is 33.7 Å². The molecule has 0 spiro atoms. The maximum absolute atomic E-state index is 13.0. The highest BCUT2D eigenvalue weighted by molar-refractivity contribution is 7.87. The van der Waals surface area contributed by atoms with Crippen LogP contribution >= 0.6 is 0 Å². The van der Waals surface area contributed by atoms with Gasteiger partial charge in [-0.25, -0.2) is 4.79 Å². The summed E-state index contributed by atoms with van der Waals surface area (Å²) in [5, 5.41) is 5.55. The Morgan fingerprint density at radius 2 is 1.79 bits per heavy atom. The molecule has 0 amide bonds. The minimum Gasteiger partial charge on any atom is -0.433 e. The number of carbonyl (C=O) groups excluding carboxylic acids is 1. The average Bonchev–Trinajstić information content (AvgIpc) is 2.39. The van der Waals surface area contributed by atoms with Gasteiger partial charge in [0.2, 0.25) is 0 Å². The summed E-state index contributed by atoms with van der Waals surface area (Å²) < 4.78 is 64.5. The fourth-order valence-electron chi connectivity index (χ4n) is 5.11. The van der Waals surface area contributed by atoms with Gasteiger partial charge in [-0.05, 0) is 55.8 Å². The minimum absolute atomic E-state index is 0.146. The van der Waals surface area contributed by atoms with Gasteiger partial charge in [0.1, 0.15) is 0 Å². The fraction of sp³-hybridized carbons (Fsp3) is 0.929. The molecule has 0 radical (unpaired) electrons. The van der Waals surface area contributed by atoms with Crippen LogP contribution in [0.2, 0.25) is 0 Å². The number of carbonyl (C=O) groups is 1. The first-order chi connectivity index (χ1) is 10.9. The third kappa shape index (κ3) is 3.16. The molecule has 2 N–H and O–H groups in total. The van der Waals surface area contributed by atoms with Gasteiger partial charge in [-0.2, -0.15) is 17.2 Å². The van der Waals surface area contributed by atoms with Crippen LogP contribution in [0.3, 0.4) is 0 Å². The molecule has 0 aromatic heterocycles. The Hall–Kier alpha value is -0.840. The molecule has 10 heteroatoms. The summed E-state index contributed by atoms with van der Waals surface area (Å²) >= 11 is 0. The fourth-order valence-corrected chi connectivity index (χ4v) is 5.38. The summed E-state index contributed by atoms with van der Waals surface area (Å²) in [6.45, 7) is -0.688. The Labute approximate surface area is 138 Å². The molecule has 4 aliphatic carbocycles. The molecule has 24 heavy (non-hydrogen) atoms. The third-order valence-corrected chi connectivity index (χ3v) is 6.21. The molecule has 0 aromatic rings. The van der Waals surface area contributed by atoms with Crippen molar-refractivity contribution in [3.8, 4) is 0 Å². The van der Waals surface area contributed by atoms with Crippen LogP contribution in [-0.4, -0.2) is 48.3 Å². The number of halogens is 2. The van der Waals surface area contributed by atoms with Crippen LogP contribution in [0.4, 0.5) is 8.78 Å². The lowest BCUT2D eigenvalue weighted by atomic mass is 9.48. The lowest BCUT2D eigenvalue weighted by Gasteiger charge is -2.60. The molecule has 138 valence electrons. The topological polar surface area (TPSA) is 110 Å². The van der Waals surface area contributed by atoms with E-state index in [1.54, 1.807) is 0 Å². The van der Waals surface area contributed by atoms with Crippen molar-refractivity contribution >= 4 is 16.1 Å². The SMILES string of the molecule is O=C(OCOCC12CC3CC(CC(O)(C3)C1)C2)C(F)(F)S(=O)(=O)O. The molecular weight excluding hydrogens is 350 g/mol. The summed E-state index contributed by atoms with van der Waals surface area (Å²) in [6, 6.07) is 0. The van der Waals surface area contributed by atoms with Crippen LogP contribution in [0.5, 0.6) is 0 Å². The van der Waals surface area contributed by atoms with Gasteiger partial charge in [-0.15, -0.1) is 0 Å². The summed E-state index contributed by atoms with van der Waals surface area (Å²) in [7, 11) is -5.88. The number of hydrogen-bond acceptors (Lipinski definition) is 6. The number of alkyl halides is 2. The van der Waals surface area contributed by atoms with Crippen molar-refractivity contribution in [2.24, 2.45) is 17.3 Å². The zero-order valence-corrected chi connectivity index (χ0v) is 13.7. The van der Waals surface area contributed by atoms with Crippen LogP contribution in [-0.2, 0) is 24.4 Å². The smallest absolute Gasteiger partial charge is 0.433 e. The minimum atomic E-state index is -5.88. The molecule has 7 nitrogen and oxygen atoms in total. The molecule has 0 heterocycles. The normalized spacial score (nSPS) is 38.3. The van der Waals surface area contributed by atoms with E-state index in [0.717, 1.165) is 32.1 Å². The summed E-state index contributed by atoms with van der Waals surface area (Å²) in [4.78, 5) is 11.1. The predicted molar refractivity (Wildman–Crippen MR) is 75.5 cm³/mol. The number of aliphatic hydroxyl groups is 1. The zero-order chi connectivity index (χ0) is 17.8. The maximum Gasteiger partial charge on any atom is 0.465 e. The predicted octanol–water partition coefficient (Wildman–Crippen LogP) is 1.32. The van der Waals surface area contributed by atoms with Crippen molar-refractivity contribution in [2.45, 2.75) is 49.4 Å². The largest absolute Gasteiger partial charge is 0.465 e. The lowest BCUT2D eigenvalue weighted by Crippen LogP contribution is -2.57. The van der Waals surface area contributed by atoms with E-state index in [2.05, 4.69) is 4.74 Å². The van der Waals surface area contributed by atoms with E-state index in [-0.39, 0.29) is 12.0 Å². The van der Waals surface area contributed by atoms with E-state index >= 15 is 0 Å². The molecule has 0 aromatic carbocycles. The highest BCUT2D eigenvalue weighted by Gasteiger charge is 2.57. The molecule has 0 aliphatic heterocycles. The number of esters is 1. The second-order valence-electron chi connectivity index (χ2n) is 7.58. The van der Waals surface area contributed by atoms with E-state index in [1.807, 2.05) is 0 Å². The highest BCUT2D eigenvalue weighted by Crippen LogP contribution is 2.61. The van der Waals surface area contributed by atoms with Gasteiger partial charge in [0.15, 0.2) is 6.79 Å². The van der Waals surface area contributed by atoms with Crippen LogP contribution < -0.4 is 0 Å². The Bertz CT molecular complexity index is 619. The second-order valence-corrected chi connectivity index (χ2v) is 9.04. The Morgan fingerprint density at radius 1 is 1.21 bits per heavy atom. The second kappa shape index (κ2) is 5.58. The average molecular weight is 370 g/mol. The van der Waals surface area contributed by atoms with Crippen LogP contribution in [0.15, 0.2) is 0 Å². The van der Waals surface area contributed by atoms with Gasteiger partial charge in [0.05, 0.1) is 12.2 Å². The molecule has 4 saturated carbocycles. The van der Waals surface area contributed by atoms with Gasteiger partial charge < -0.3 is 14.6 Å². The molecule has 4 bridgehead atoms. The van der Waals surface area contributed by atoms with Gasteiger partial charge >= 0.3 is 21.3 Å². The van der Waals surface area contributed by atoms with Gasteiger partial charge in [-0.1, -0.05) is 0 Å². The van der Waals surface area contributed by atoms with Gasteiger partial charge in [-0.3, -0.25) is 4.55 Å². The molecule has 0 saturated heterocycles. The molecule has 4 aliphatic rings. The first-order valence-corrected chi connectivity index (χ1v) is 9.21. The van der Waals surface area contributed by atoms with Crippen LogP contribution in [0.25, 0.3) is 0 Å². The van der Waals surface area contributed by atoms with Gasteiger partial charge in [0, 0.05) is 0 Å². The maximum atomic E-state index is 13.0. The zero-order valence-electron chi connectivity index (χ0n) is 12.9. The van der Waals surface area contributed by atoms with Crippen molar-refractivity contribution in [3.05, 3.63) is 0 Å². The van der Waals surface area contributed by atoms with Gasteiger partial charge in [0.25, 0.3) is 0 Å². The molecule has 4 rings (SSSR count). The monoisotopic (exact) mass is 370 g/mol. The first kappa shape index (κ1) is 18.0. The molecular formula is C14H20F2O7S. The Kier molecular flexibility index (Phi) is 4.18. The van der Waals surface area contributed by atoms with Crippen LogP contribution in [0, 0.1) is 17.3 Å². The molecule has 2 unspecified atom stereocenters. The van der Waals surface area contributed by atoms with Crippen molar-refractivity contribution in [1.29, 1.82) is 0 Å². The number of rotatable bonds is 6. The Balaban J connectivity index is 1.52. The number of ether oxygens (including phenoxy) is 2. The van der Waals surface area contributed by atoms with Crippen molar-refractivity contribution < 1.29 is 41.1 Å². The van der Waals surface area contributed by atoms with Crippen molar-refractivity contribution in [2.75, 3.05) is 13.4 Å². The Morgan fingerprint density at radius 3 is 2.29 bits per heavy atom. The number of hydrogen-bond donors (Lipinski definition) is 2. The molecule has 2 atom stereocenters. The summed E-state index contributed by atoms with van der Waals surface area (Å²) in [5.41, 5.74) is -0.946. The van der Waals surface area contributed by atoms with Crippen LogP contribution in [0.1, 0.15) is 38.5 Å². The quantitative estimate of drug-likeness (QED) is 0.314. The van der Waals surface area contributed by atoms with E-state index in [0.29, 0.717) is 18.3 Å². The van der Waals surface area contributed by atoms with Crippen molar-refractivity contribution in [3.63, 3.8) is 0 Å². The standard InChI is InChI=1S/C14H20F2O7S/c15-14(16,24(19,20)21)11(17)23-8-22-7-12-2-9-1-10(3-12)5-13(18,4-9)6-12/h9-10,18H,1-8H2,(H,19,20,21). The van der Waals surface area contributed by atoms with E-state index in [4.69, 9.17) is 9.29 Å². The first-order valence-electron chi connectivity index (χ1n) is 7.77. The summed E-state index contributed by atoms with van der Waals surface area (Å²) in [5.74, 6) is -1.54. The molecule has 4 fully saturated rings. The van der Waals surface area contributed by atoms with E-state index in [1.165, 1.54) is 0 Å². The van der Waals surface area contributed by atoms with E-state index in [9.17, 15) is 27.1 Å². The highest BCUT2D eigenvalue weighted by atomic mass is 32.2. The lowest BCUT2D eigenvalue weighted by molar-refractivity contribution is -0.200. The summed E-state index contributed by atoms with van der Waals surface area (Å²) in [6.07, 6.45) is 4.96. The third-order valence-electron chi connectivity index (χ3n) is 5.39.